The van der Waals surface area contributed by atoms with Crippen LogP contribution in [0.15, 0.2) is 49.8 Å². The lowest BCUT2D eigenvalue weighted by Crippen LogP contribution is -2.35. The second-order valence-corrected chi connectivity index (χ2v) is 9.93. The Morgan fingerprint density at radius 1 is 1.12 bits per heavy atom. The number of hydrogen-bond donors (Lipinski definition) is 1. The number of morpholine rings is 1. The van der Waals surface area contributed by atoms with Gasteiger partial charge in [-0.1, -0.05) is 13.8 Å². The van der Waals surface area contributed by atoms with Crippen molar-refractivity contribution in [1.29, 1.82) is 0 Å². The second-order valence-electron chi connectivity index (χ2n) is 9.93. The smallest absolute Gasteiger partial charge is 0.0926 e. The number of aliphatic imine (C=N–C) groups is 3. The van der Waals surface area contributed by atoms with Gasteiger partial charge in [-0.05, 0) is 81.4 Å². The lowest BCUT2D eigenvalue weighted by Gasteiger charge is -2.32. The Balaban J connectivity index is 1.41. The van der Waals surface area contributed by atoms with Crippen LogP contribution in [0.4, 0.5) is 0 Å². The molecule has 6 nitrogen and oxygen atoms in total. The lowest BCUT2D eigenvalue weighted by atomic mass is 9.81. The summed E-state index contributed by atoms with van der Waals surface area (Å²) in [4.78, 5) is 16.6. The Labute approximate surface area is 206 Å². The molecule has 1 atom stereocenters. The molecule has 2 aliphatic carbocycles. The summed E-state index contributed by atoms with van der Waals surface area (Å²) < 4.78 is 5.60. The monoisotopic (exact) mass is 465 g/mol. The Bertz CT molecular complexity index is 867. The van der Waals surface area contributed by atoms with Crippen LogP contribution in [0.5, 0.6) is 0 Å². The average Bonchev–Trinajstić information content (AvgIpc) is 3.08. The molecule has 4 aliphatic rings. The fourth-order valence-electron chi connectivity index (χ4n) is 5.67. The van der Waals surface area contributed by atoms with Gasteiger partial charge >= 0.3 is 0 Å². The van der Waals surface area contributed by atoms with E-state index in [4.69, 9.17) is 14.7 Å². The van der Waals surface area contributed by atoms with Gasteiger partial charge in [0.15, 0.2) is 0 Å². The molecule has 4 rings (SSSR count). The first-order chi connectivity index (χ1) is 16.7. The third-order valence-corrected chi connectivity index (χ3v) is 7.74. The van der Waals surface area contributed by atoms with Crippen LogP contribution < -0.4 is 5.32 Å². The van der Waals surface area contributed by atoms with Crippen molar-refractivity contribution in [3.05, 3.63) is 34.8 Å². The van der Waals surface area contributed by atoms with Gasteiger partial charge in [0.05, 0.1) is 25.0 Å². The number of allylic oxidation sites excluding steroid dienone is 5. The van der Waals surface area contributed by atoms with Crippen LogP contribution in [0.1, 0.15) is 71.6 Å². The Morgan fingerprint density at radius 2 is 1.91 bits per heavy atom. The molecular weight excluding hydrogens is 422 g/mol. The van der Waals surface area contributed by atoms with Crippen molar-refractivity contribution in [1.82, 2.24) is 10.2 Å². The summed E-state index contributed by atoms with van der Waals surface area (Å²) in [5, 5.41) is 3.83. The number of fused-ring (bicyclic) bond motifs is 1. The van der Waals surface area contributed by atoms with E-state index in [0.29, 0.717) is 6.04 Å². The molecule has 1 saturated heterocycles. The minimum atomic E-state index is 0.220. The predicted octanol–water partition coefficient (Wildman–Crippen LogP) is 5.09. The van der Waals surface area contributed by atoms with E-state index in [0.717, 1.165) is 64.3 Å². The highest BCUT2D eigenvalue weighted by molar-refractivity contribution is 6.17. The molecule has 1 N–H and O–H groups in total. The number of hydrogen-bond acceptors (Lipinski definition) is 6. The van der Waals surface area contributed by atoms with E-state index in [-0.39, 0.29) is 6.04 Å². The number of nitrogens with one attached hydrogen (secondary N) is 1. The van der Waals surface area contributed by atoms with E-state index in [2.05, 4.69) is 41.2 Å². The van der Waals surface area contributed by atoms with Gasteiger partial charge in [-0.15, -0.1) is 0 Å². The van der Waals surface area contributed by atoms with E-state index < -0.39 is 0 Å². The molecule has 2 fully saturated rings. The standard InChI is InChI=1S/C28H43N5O/c1-4-23(29-3)20-24(5-2)32-25-8-6-21(7-9-25)18-22-19-26(33-14-16-34-17-15-33)10-11-27-28(22)31-13-12-30-27/h12-13,19-21,25,27,32H,4-11,14-18H2,1-3H3/b24-20+,29-23-/t21-,25+,27-/m0/s1. The first-order valence-corrected chi connectivity index (χ1v) is 13.4. The van der Waals surface area contributed by atoms with Crippen molar-refractivity contribution in [2.45, 2.75) is 83.7 Å². The molecule has 2 aliphatic heterocycles. The van der Waals surface area contributed by atoms with Crippen molar-refractivity contribution in [3.8, 4) is 0 Å². The summed E-state index contributed by atoms with van der Waals surface area (Å²) in [7, 11) is 1.89. The molecule has 34 heavy (non-hydrogen) atoms. The largest absolute Gasteiger partial charge is 0.386 e. The summed E-state index contributed by atoms with van der Waals surface area (Å²) in [6.07, 6.45) is 18.8. The molecule has 0 aromatic heterocycles. The maximum atomic E-state index is 5.60. The Hall–Kier alpha value is -2.21. The van der Waals surface area contributed by atoms with E-state index in [1.54, 1.807) is 0 Å². The van der Waals surface area contributed by atoms with E-state index in [9.17, 15) is 0 Å². The van der Waals surface area contributed by atoms with Crippen LogP contribution >= 0.6 is 0 Å². The molecule has 0 radical (unpaired) electrons. The molecule has 1 saturated carbocycles. The van der Waals surface area contributed by atoms with Crippen molar-refractivity contribution >= 4 is 18.1 Å². The molecule has 186 valence electrons. The number of ether oxygens (including phenoxy) is 1. The maximum Gasteiger partial charge on any atom is 0.0926 e. The zero-order valence-corrected chi connectivity index (χ0v) is 21.4. The fraction of sp³-hybridized carbons (Fsp3) is 0.679. The van der Waals surface area contributed by atoms with Crippen LogP contribution in [0.25, 0.3) is 0 Å². The quantitative estimate of drug-likeness (QED) is 0.508. The van der Waals surface area contributed by atoms with Crippen LogP contribution in [0, 0.1) is 5.92 Å². The number of nitrogens with zero attached hydrogens (tertiary/aromatic N) is 4. The molecular formula is C28H43N5O. The number of rotatable bonds is 8. The molecule has 0 spiro atoms. The van der Waals surface area contributed by atoms with Gasteiger partial charge in [-0.3, -0.25) is 15.0 Å². The maximum absolute atomic E-state index is 5.60. The Morgan fingerprint density at radius 3 is 2.62 bits per heavy atom. The third-order valence-electron chi connectivity index (χ3n) is 7.74. The molecule has 0 aromatic rings. The minimum Gasteiger partial charge on any atom is -0.386 e. The van der Waals surface area contributed by atoms with E-state index in [1.807, 2.05) is 19.5 Å². The molecule has 0 aromatic carbocycles. The predicted molar refractivity (Wildman–Crippen MR) is 143 cm³/mol. The summed E-state index contributed by atoms with van der Waals surface area (Å²) in [6, 6.07) is 0.798. The lowest BCUT2D eigenvalue weighted by molar-refractivity contribution is 0.0519. The van der Waals surface area contributed by atoms with Gasteiger partial charge in [0.2, 0.25) is 0 Å². The van der Waals surface area contributed by atoms with Gasteiger partial charge in [0.25, 0.3) is 0 Å². The van der Waals surface area contributed by atoms with Gasteiger partial charge < -0.3 is 15.0 Å². The zero-order valence-electron chi connectivity index (χ0n) is 21.4. The highest BCUT2D eigenvalue weighted by Crippen LogP contribution is 2.36. The normalized spacial score (nSPS) is 28.5. The van der Waals surface area contributed by atoms with E-state index >= 15 is 0 Å². The average molecular weight is 466 g/mol. The topological polar surface area (TPSA) is 61.6 Å². The molecule has 6 heteroatoms. The van der Waals surface area contributed by atoms with Crippen molar-refractivity contribution in [2.75, 3.05) is 33.4 Å². The molecule has 2 heterocycles. The van der Waals surface area contributed by atoms with E-state index in [1.165, 1.54) is 54.1 Å². The van der Waals surface area contributed by atoms with Crippen LogP contribution in [-0.4, -0.2) is 68.5 Å². The van der Waals surface area contributed by atoms with Crippen LogP contribution in [-0.2, 0) is 4.74 Å². The van der Waals surface area contributed by atoms with Gasteiger partial charge in [-0.25, -0.2) is 0 Å². The summed E-state index contributed by atoms with van der Waals surface area (Å²) >= 11 is 0. The second kappa shape index (κ2) is 12.5. The summed E-state index contributed by atoms with van der Waals surface area (Å²) in [5.41, 5.74) is 6.61. The third kappa shape index (κ3) is 6.47. The Kier molecular flexibility index (Phi) is 9.14. The van der Waals surface area contributed by atoms with Crippen LogP contribution in [0.3, 0.4) is 0 Å². The summed E-state index contributed by atoms with van der Waals surface area (Å²) in [5.74, 6) is 0.722. The SMILES string of the molecule is CCC(/C=C(\CC)N[C@H]1CC[C@@H](CC2=C3N=CC=N[C@H]3CCC(N3CCOCC3)=C2)CC1)=N/C. The van der Waals surface area contributed by atoms with Crippen molar-refractivity contribution in [3.63, 3.8) is 0 Å². The fourth-order valence-corrected chi connectivity index (χ4v) is 5.67. The highest BCUT2D eigenvalue weighted by atomic mass is 16.5. The molecule has 0 unspecified atom stereocenters. The molecule has 0 amide bonds. The minimum absolute atomic E-state index is 0.220. The zero-order chi connectivity index (χ0) is 23.8. The molecule has 0 bridgehead atoms. The highest BCUT2D eigenvalue weighted by Gasteiger charge is 2.28. The van der Waals surface area contributed by atoms with Gasteiger partial charge in [0, 0.05) is 55.7 Å². The van der Waals surface area contributed by atoms with Crippen molar-refractivity contribution in [2.24, 2.45) is 20.9 Å². The van der Waals surface area contributed by atoms with Gasteiger partial charge in [-0.2, -0.15) is 0 Å². The van der Waals surface area contributed by atoms with Crippen molar-refractivity contribution < 1.29 is 4.74 Å². The van der Waals surface area contributed by atoms with Gasteiger partial charge in [0.1, 0.15) is 0 Å². The summed E-state index contributed by atoms with van der Waals surface area (Å²) in [6.45, 7) is 8.06. The first kappa shape index (κ1) is 24.9. The first-order valence-electron chi connectivity index (χ1n) is 13.4. The van der Waals surface area contributed by atoms with Crippen LogP contribution in [0.2, 0.25) is 0 Å².